The molecule has 0 aliphatic heterocycles. The minimum atomic E-state index is 0.503. The van der Waals surface area contributed by atoms with Crippen LogP contribution in [0.3, 0.4) is 0 Å². The van der Waals surface area contributed by atoms with Crippen LogP contribution in [0.1, 0.15) is 62.8 Å². The van der Waals surface area contributed by atoms with Crippen LogP contribution in [-0.4, -0.2) is 23.1 Å². The number of nitrogens with one attached hydrogen (secondary N) is 2. The lowest BCUT2D eigenvalue weighted by atomic mass is 10.00. The van der Waals surface area contributed by atoms with Gasteiger partial charge in [-0.15, -0.1) is 0 Å². The zero-order valence-corrected chi connectivity index (χ0v) is 12.9. The molecule has 4 nitrogen and oxygen atoms in total. The van der Waals surface area contributed by atoms with Gasteiger partial charge in [-0.3, -0.25) is 0 Å². The quantitative estimate of drug-likeness (QED) is 0.859. The van der Waals surface area contributed by atoms with E-state index in [-0.39, 0.29) is 0 Å². The maximum Gasteiger partial charge on any atom is 0.136 e. The fourth-order valence-corrected chi connectivity index (χ4v) is 3.23. The Hall–Kier alpha value is -1.32. The summed E-state index contributed by atoms with van der Waals surface area (Å²) in [5.41, 5.74) is 1.14. The Morgan fingerprint density at radius 2 is 1.70 bits per heavy atom. The molecule has 1 heterocycles. The molecule has 1 aromatic rings. The van der Waals surface area contributed by atoms with E-state index in [9.17, 15) is 0 Å². The van der Waals surface area contributed by atoms with Gasteiger partial charge in [0.25, 0.3) is 0 Å². The average molecular weight is 274 g/mol. The second-order valence-corrected chi connectivity index (χ2v) is 6.41. The SMILES string of the molecule is CNc1nc(C2CC2)nc(NC(C)C2CCCC2)c1C. The molecule has 110 valence electrons. The van der Waals surface area contributed by atoms with Gasteiger partial charge in [-0.2, -0.15) is 0 Å². The van der Waals surface area contributed by atoms with Crippen LogP contribution in [0.2, 0.25) is 0 Å². The molecular formula is C16H26N4. The van der Waals surface area contributed by atoms with Gasteiger partial charge < -0.3 is 10.6 Å². The Morgan fingerprint density at radius 1 is 1.05 bits per heavy atom. The van der Waals surface area contributed by atoms with E-state index in [0.29, 0.717) is 12.0 Å². The van der Waals surface area contributed by atoms with Crippen molar-refractivity contribution in [1.29, 1.82) is 0 Å². The highest BCUT2D eigenvalue weighted by Gasteiger charge is 2.29. The van der Waals surface area contributed by atoms with E-state index in [2.05, 4.69) is 29.5 Å². The van der Waals surface area contributed by atoms with Crippen molar-refractivity contribution >= 4 is 11.6 Å². The Morgan fingerprint density at radius 3 is 2.30 bits per heavy atom. The molecular weight excluding hydrogens is 248 g/mol. The van der Waals surface area contributed by atoms with Crippen LogP contribution < -0.4 is 10.6 Å². The first-order valence-electron chi connectivity index (χ1n) is 8.02. The normalized spacial score (nSPS) is 20.9. The van der Waals surface area contributed by atoms with E-state index < -0.39 is 0 Å². The number of hydrogen-bond donors (Lipinski definition) is 2. The number of nitrogens with zero attached hydrogens (tertiary/aromatic N) is 2. The lowest BCUT2D eigenvalue weighted by Crippen LogP contribution is -2.25. The maximum absolute atomic E-state index is 4.79. The predicted octanol–water partition coefficient (Wildman–Crippen LogP) is 3.69. The second kappa shape index (κ2) is 5.58. The number of aromatic nitrogens is 2. The molecule has 2 aliphatic carbocycles. The molecule has 0 amide bonds. The minimum absolute atomic E-state index is 0.503. The van der Waals surface area contributed by atoms with Crippen molar-refractivity contribution in [1.82, 2.24) is 9.97 Å². The van der Waals surface area contributed by atoms with Gasteiger partial charge in [-0.1, -0.05) is 12.8 Å². The van der Waals surface area contributed by atoms with Crippen molar-refractivity contribution in [2.24, 2.45) is 5.92 Å². The van der Waals surface area contributed by atoms with Crippen molar-refractivity contribution in [3.05, 3.63) is 11.4 Å². The third-order valence-corrected chi connectivity index (χ3v) is 4.81. The number of rotatable bonds is 5. The molecule has 2 N–H and O–H groups in total. The lowest BCUT2D eigenvalue weighted by molar-refractivity contribution is 0.480. The van der Waals surface area contributed by atoms with Crippen LogP contribution >= 0.6 is 0 Å². The van der Waals surface area contributed by atoms with Crippen LogP contribution in [0.4, 0.5) is 11.6 Å². The Balaban J connectivity index is 1.81. The average Bonchev–Trinajstić information content (AvgIpc) is 3.15. The maximum atomic E-state index is 4.79. The summed E-state index contributed by atoms with van der Waals surface area (Å²) in [5.74, 6) is 4.41. The van der Waals surface area contributed by atoms with Crippen LogP contribution in [0.15, 0.2) is 0 Å². The summed E-state index contributed by atoms with van der Waals surface area (Å²) < 4.78 is 0. The van der Waals surface area contributed by atoms with Gasteiger partial charge in [-0.25, -0.2) is 9.97 Å². The van der Waals surface area contributed by atoms with E-state index >= 15 is 0 Å². The highest BCUT2D eigenvalue weighted by atomic mass is 15.1. The topological polar surface area (TPSA) is 49.8 Å². The largest absolute Gasteiger partial charge is 0.373 e. The lowest BCUT2D eigenvalue weighted by Gasteiger charge is -2.23. The molecule has 2 saturated carbocycles. The fraction of sp³-hybridized carbons (Fsp3) is 0.750. The minimum Gasteiger partial charge on any atom is -0.373 e. The van der Waals surface area contributed by atoms with Crippen molar-refractivity contribution in [2.45, 2.75) is 64.3 Å². The van der Waals surface area contributed by atoms with E-state index in [1.54, 1.807) is 0 Å². The van der Waals surface area contributed by atoms with Crippen LogP contribution in [0.5, 0.6) is 0 Å². The van der Waals surface area contributed by atoms with Crippen molar-refractivity contribution in [3.8, 4) is 0 Å². The predicted molar refractivity (Wildman–Crippen MR) is 83.3 cm³/mol. The van der Waals surface area contributed by atoms with Crippen molar-refractivity contribution < 1.29 is 0 Å². The first-order valence-corrected chi connectivity index (χ1v) is 8.02. The molecule has 20 heavy (non-hydrogen) atoms. The zero-order valence-electron chi connectivity index (χ0n) is 12.9. The van der Waals surface area contributed by atoms with E-state index in [1.807, 2.05) is 7.05 Å². The summed E-state index contributed by atoms with van der Waals surface area (Å²) in [7, 11) is 1.94. The summed E-state index contributed by atoms with van der Waals surface area (Å²) in [6, 6.07) is 0.503. The fourth-order valence-electron chi connectivity index (χ4n) is 3.23. The van der Waals surface area contributed by atoms with E-state index in [4.69, 9.17) is 4.98 Å². The first kappa shape index (κ1) is 13.7. The highest BCUT2D eigenvalue weighted by molar-refractivity contribution is 5.57. The van der Waals surface area contributed by atoms with E-state index in [0.717, 1.165) is 28.9 Å². The molecule has 3 rings (SSSR count). The molecule has 1 atom stereocenters. The van der Waals surface area contributed by atoms with Gasteiger partial charge in [-0.05, 0) is 45.4 Å². The number of anilines is 2. The molecule has 0 aromatic carbocycles. The smallest absolute Gasteiger partial charge is 0.136 e. The van der Waals surface area contributed by atoms with Crippen LogP contribution in [0, 0.1) is 12.8 Å². The Bertz CT molecular complexity index is 476. The standard InChI is InChI=1S/C16H26N4/c1-10-14(17-3)19-16(13-8-9-13)20-15(10)18-11(2)12-6-4-5-7-12/h11-13H,4-9H2,1-3H3,(H2,17,18,19,20). The van der Waals surface area contributed by atoms with Gasteiger partial charge in [0.1, 0.15) is 17.5 Å². The monoisotopic (exact) mass is 274 g/mol. The third kappa shape index (κ3) is 2.74. The molecule has 2 fully saturated rings. The van der Waals surface area contributed by atoms with Gasteiger partial charge >= 0.3 is 0 Å². The summed E-state index contributed by atoms with van der Waals surface area (Å²) in [4.78, 5) is 9.45. The molecule has 0 spiro atoms. The molecule has 2 aliphatic rings. The Kier molecular flexibility index (Phi) is 3.81. The molecule has 1 aromatic heterocycles. The highest BCUT2D eigenvalue weighted by Crippen LogP contribution is 2.40. The van der Waals surface area contributed by atoms with E-state index in [1.165, 1.54) is 38.5 Å². The summed E-state index contributed by atoms with van der Waals surface area (Å²) in [5, 5.41) is 6.87. The molecule has 1 unspecified atom stereocenters. The van der Waals surface area contributed by atoms with Crippen molar-refractivity contribution in [3.63, 3.8) is 0 Å². The molecule has 0 radical (unpaired) electrons. The van der Waals surface area contributed by atoms with Crippen molar-refractivity contribution in [2.75, 3.05) is 17.7 Å². The first-order chi connectivity index (χ1) is 9.69. The Labute approximate surface area is 121 Å². The summed E-state index contributed by atoms with van der Waals surface area (Å²) >= 11 is 0. The van der Waals surface area contributed by atoms with Gasteiger partial charge in [0.2, 0.25) is 0 Å². The molecule has 0 saturated heterocycles. The van der Waals surface area contributed by atoms with Gasteiger partial charge in [0.05, 0.1) is 0 Å². The zero-order chi connectivity index (χ0) is 14.1. The van der Waals surface area contributed by atoms with Crippen LogP contribution in [-0.2, 0) is 0 Å². The van der Waals surface area contributed by atoms with Gasteiger partial charge in [0, 0.05) is 24.6 Å². The van der Waals surface area contributed by atoms with Gasteiger partial charge in [0.15, 0.2) is 0 Å². The summed E-state index contributed by atoms with van der Waals surface area (Å²) in [6.45, 7) is 4.40. The number of hydrogen-bond acceptors (Lipinski definition) is 4. The second-order valence-electron chi connectivity index (χ2n) is 6.41. The third-order valence-electron chi connectivity index (χ3n) is 4.81. The molecule has 0 bridgehead atoms. The summed E-state index contributed by atoms with van der Waals surface area (Å²) in [6.07, 6.45) is 7.95. The van der Waals surface area contributed by atoms with Crippen LogP contribution in [0.25, 0.3) is 0 Å². The molecule has 4 heteroatoms.